The molecule has 0 saturated heterocycles. The maximum atomic E-state index is 2.40. The second kappa shape index (κ2) is 21.2. The van der Waals surface area contributed by atoms with E-state index in [1.165, 1.54) is 141 Å². The molecule has 0 aromatic rings. The van der Waals surface area contributed by atoms with Crippen molar-refractivity contribution >= 4 is 0 Å². The van der Waals surface area contributed by atoms with Gasteiger partial charge in [-0.3, -0.25) is 0 Å². The number of unbranched alkanes of at least 4 members (excludes halogenated alkanes) is 12. The SMILES string of the molecule is CCCCCCCCC(CCCC)C(CCCCC)(CCCCC)CCCCC. The van der Waals surface area contributed by atoms with Gasteiger partial charge in [0.2, 0.25) is 0 Å². The van der Waals surface area contributed by atoms with Gasteiger partial charge in [-0.15, -0.1) is 0 Å². The van der Waals surface area contributed by atoms with Gasteiger partial charge < -0.3 is 0 Å². The summed E-state index contributed by atoms with van der Waals surface area (Å²) >= 11 is 0. The van der Waals surface area contributed by atoms with E-state index in [4.69, 9.17) is 0 Å². The van der Waals surface area contributed by atoms with Crippen molar-refractivity contribution in [1.29, 1.82) is 0 Å². The van der Waals surface area contributed by atoms with Crippen LogP contribution in [0.1, 0.15) is 176 Å². The first-order valence-corrected chi connectivity index (χ1v) is 14.2. The lowest BCUT2D eigenvalue weighted by Crippen LogP contribution is -2.31. The zero-order chi connectivity index (χ0) is 21.6. The van der Waals surface area contributed by atoms with Crippen LogP contribution in [0.2, 0.25) is 0 Å². The Hall–Kier alpha value is 0. The Kier molecular flexibility index (Phi) is 21.2. The summed E-state index contributed by atoms with van der Waals surface area (Å²) in [4.78, 5) is 0. The third kappa shape index (κ3) is 14.6. The Bertz CT molecular complexity index is 279. The summed E-state index contributed by atoms with van der Waals surface area (Å²) in [6.45, 7) is 11.9. The van der Waals surface area contributed by atoms with Crippen LogP contribution in [-0.2, 0) is 0 Å². The number of hydrogen-bond acceptors (Lipinski definition) is 0. The highest BCUT2D eigenvalue weighted by Gasteiger charge is 2.36. The topological polar surface area (TPSA) is 0 Å². The molecule has 0 rings (SSSR count). The van der Waals surface area contributed by atoms with Gasteiger partial charge in [0.1, 0.15) is 0 Å². The quantitative estimate of drug-likeness (QED) is 0.147. The molecule has 0 fully saturated rings. The molecule has 0 saturated carbocycles. The molecule has 0 aliphatic carbocycles. The molecule has 0 radical (unpaired) electrons. The molecule has 0 aromatic heterocycles. The third-order valence-electron chi connectivity index (χ3n) is 7.51. The predicted octanol–water partition coefficient (Wildman–Crippen LogP) is 11.3. The van der Waals surface area contributed by atoms with Gasteiger partial charge in [0, 0.05) is 0 Å². The van der Waals surface area contributed by atoms with Crippen LogP contribution in [0.4, 0.5) is 0 Å². The van der Waals surface area contributed by atoms with E-state index in [1.54, 1.807) is 0 Å². The fourth-order valence-electron chi connectivity index (χ4n) is 5.55. The highest BCUT2D eigenvalue weighted by molar-refractivity contribution is 4.87. The molecule has 0 aliphatic heterocycles. The van der Waals surface area contributed by atoms with Crippen molar-refractivity contribution in [2.24, 2.45) is 11.3 Å². The van der Waals surface area contributed by atoms with E-state index in [2.05, 4.69) is 34.6 Å². The molecule has 0 amide bonds. The Morgan fingerprint density at radius 3 is 1.17 bits per heavy atom. The lowest BCUT2D eigenvalue weighted by atomic mass is 9.62. The van der Waals surface area contributed by atoms with Gasteiger partial charge in [0.25, 0.3) is 0 Å². The smallest absolute Gasteiger partial charge is 0.0269 e. The molecule has 0 heteroatoms. The predicted molar refractivity (Wildman–Crippen MR) is 136 cm³/mol. The normalized spacial score (nSPS) is 13.1. The molecule has 176 valence electrons. The van der Waals surface area contributed by atoms with Gasteiger partial charge in [-0.1, -0.05) is 144 Å². The molecule has 0 aliphatic rings. The first-order chi connectivity index (χ1) is 14.2. The van der Waals surface area contributed by atoms with E-state index in [1.807, 2.05) is 0 Å². The first kappa shape index (κ1) is 29.0. The zero-order valence-corrected chi connectivity index (χ0v) is 21.6. The van der Waals surface area contributed by atoms with Crippen molar-refractivity contribution in [3.63, 3.8) is 0 Å². The van der Waals surface area contributed by atoms with Crippen LogP contribution in [0.5, 0.6) is 0 Å². The van der Waals surface area contributed by atoms with Crippen LogP contribution in [-0.4, -0.2) is 0 Å². The van der Waals surface area contributed by atoms with Gasteiger partial charge in [-0.25, -0.2) is 0 Å². The fraction of sp³-hybridized carbons (Fsp3) is 1.00. The van der Waals surface area contributed by atoms with Crippen LogP contribution in [0, 0.1) is 11.3 Å². The van der Waals surface area contributed by atoms with E-state index in [9.17, 15) is 0 Å². The summed E-state index contributed by atoms with van der Waals surface area (Å²) in [7, 11) is 0. The summed E-state index contributed by atoms with van der Waals surface area (Å²) in [5.74, 6) is 0.999. The molecule has 29 heavy (non-hydrogen) atoms. The molecular formula is C29H60. The summed E-state index contributed by atoms with van der Waals surface area (Å²) in [5.41, 5.74) is 0.665. The monoisotopic (exact) mass is 408 g/mol. The minimum absolute atomic E-state index is 0.665. The van der Waals surface area contributed by atoms with Gasteiger partial charge in [-0.2, -0.15) is 0 Å². The largest absolute Gasteiger partial charge is 0.0654 e. The summed E-state index contributed by atoms with van der Waals surface area (Å²) in [5, 5.41) is 0. The molecule has 0 aromatic carbocycles. The average Bonchev–Trinajstić information content (AvgIpc) is 2.73. The Balaban J connectivity index is 5.18. The zero-order valence-electron chi connectivity index (χ0n) is 21.6. The lowest BCUT2D eigenvalue weighted by molar-refractivity contribution is 0.0824. The minimum atomic E-state index is 0.665. The molecule has 1 unspecified atom stereocenters. The van der Waals surface area contributed by atoms with E-state index in [0.717, 1.165) is 5.92 Å². The molecule has 0 spiro atoms. The van der Waals surface area contributed by atoms with Crippen LogP contribution in [0.25, 0.3) is 0 Å². The highest BCUT2D eigenvalue weighted by Crippen LogP contribution is 2.48. The molecule has 0 N–H and O–H groups in total. The Morgan fingerprint density at radius 2 is 0.724 bits per heavy atom. The van der Waals surface area contributed by atoms with Crippen molar-refractivity contribution in [2.45, 2.75) is 176 Å². The van der Waals surface area contributed by atoms with Crippen LogP contribution < -0.4 is 0 Å². The van der Waals surface area contributed by atoms with E-state index in [0.29, 0.717) is 5.41 Å². The van der Waals surface area contributed by atoms with Crippen molar-refractivity contribution in [3.8, 4) is 0 Å². The fourth-order valence-corrected chi connectivity index (χ4v) is 5.55. The third-order valence-corrected chi connectivity index (χ3v) is 7.51. The Morgan fingerprint density at radius 1 is 0.379 bits per heavy atom. The molecule has 1 atom stereocenters. The second-order valence-electron chi connectivity index (χ2n) is 10.1. The first-order valence-electron chi connectivity index (χ1n) is 14.2. The molecule has 0 heterocycles. The standard InChI is InChI=1S/C29H60/c1-6-11-16-17-18-19-24-28(23-15-10-5)29(25-20-12-7-2,26-21-13-8-3)27-22-14-9-4/h28H,6-27H2,1-5H3. The molecule has 0 bridgehead atoms. The van der Waals surface area contributed by atoms with Crippen molar-refractivity contribution in [1.82, 2.24) is 0 Å². The average molecular weight is 409 g/mol. The van der Waals surface area contributed by atoms with E-state index >= 15 is 0 Å². The second-order valence-corrected chi connectivity index (χ2v) is 10.1. The number of rotatable bonds is 23. The molecule has 0 nitrogen and oxygen atoms in total. The van der Waals surface area contributed by atoms with Crippen LogP contribution in [0.3, 0.4) is 0 Å². The maximum Gasteiger partial charge on any atom is -0.0269 e. The summed E-state index contributed by atoms with van der Waals surface area (Å²) in [6, 6.07) is 0. The Labute approximate surface area is 187 Å². The van der Waals surface area contributed by atoms with Crippen LogP contribution in [0.15, 0.2) is 0 Å². The summed E-state index contributed by atoms with van der Waals surface area (Å²) < 4.78 is 0. The number of hydrogen-bond donors (Lipinski definition) is 0. The van der Waals surface area contributed by atoms with E-state index in [-0.39, 0.29) is 0 Å². The minimum Gasteiger partial charge on any atom is -0.0654 e. The van der Waals surface area contributed by atoms with Gasteiger partial charge in [-0.05, 0) is 43.4 Å². The summed E-state index contributed by atoms with van der Waals surface area (Å²) in [6.07, 6.45) is 32.1. The van der Waals surface area contributed by atoms with E-state index < -0.39 is 0 Å². The van der Waals surface area contributed by atoms with Gasteiger partial charge in [0.15, 0.2) is 0 Å². The van der Waals surface area contributed by atoms with Gasteiger partial charge in [0.05, 0.1) is 0 Å². The van der Waals surface area contributed by atoms with Crippen molar-refractivity contribution < 1.29 is 0 Å². The van der Waals surface area contributed by atoms with Crippen molar-refractivity contribution in [3.05, 3.63) is 0 Å². The van der Waals surface area contributed by atoms with Gasteiger partial charge >= 0.3 is 0 Å². The lowest BCUT2D eigenvalue weighted by Gasteiger charge is -2.43. The highest BCUT2D eigenvalue weighted by atomic mass is 14.4. The maximum absolute atomic E-state index is 2.40. The van der Waals surface area contributed by atoms with Crippen molar-refractivity contribution in [2.75, 3.05) is 0 Å². The van der Waals surface area contributed by atoms with Crippen LogP contribution >= 0.6 is 0 Å². The molecular weight excluding hydrogens is 348 g/mol.